The van der Waals surface area contributed by atoms with Crippen LogP contribution in [0.4, 0.5) is 0 Å². The van der Waals surface area contributed by atoms with Crippen LogP contribution >= 0.6 is 11.3 Å². The molecule has 0 saturated carbocycles. The van der Waals surface area contributed by atoms with Crippen molar-refractivity contribution in [2.75, 3.05) is 0 Å². The predicted molar refractivity (Wildman–Crippen MR) is 61.4 cm³/mol. The van der Waals surface area contributed by atoms with Gasteiger partial charge in [-0.05, 0) is 12.1 Å². The van der Waals surface area contributed by atoms with Crippen molar-refractivity contribution >= 4 is 33.5 Å². The third-order valence-electron chi connectivity index (χ3n) is 2.43. The van der Waals surface area contributed by atoms with Crippen LogP contribution in [0.5, 0.6) is 0 Å². The van der Waals surface area contributed by atoms with Crippen LogP contribution in [0.1, 0.15) is 15.4 Å². The van der Waals surface area contributed by atoms with E-state index in [1.807, 2.05) is 6.92 Å². The number of thiazole rings is 1. The maximum Gasteiger partial charge on any atom is 0.370 e. The summed E-state index contributed by atoms with van der Waals surface area (Å²) in [5, 5.41) is 18.6. The van der Waals surface area contributed by atoms with Crippen molar-refractivity contribution in [3.05, 3.63) is 28.8 Å². The molecule has 0 bridgehead atoms. The molecule has 0 saturated heterocycles. The molecule has 2 N–H and O–H groups in total. The molecule has 0 spiro atoms. The first-order valence-electron chi connectivity index (χ1n) is 4.87. The minimum atomic E-state index is -1.02. The topological polar surface area (TPSA) is 78.5 Å². The third-order valence-corrected chi connectivity index (χ3v) is 3.51. The number of hydrogen-bond acceptors (Lipinski definition) is 3. The summed E-state index contributed by atoms with van der Waals surface area (Å²) in [4.78, 5) is 21.6. The average molecular weight is 288 g/mol. The number of aryl methyl sites for hydroxylation is 1. The molecule has 7 heteroatoms. The van der Waals surface area contributed by atoms with E-state index in [-0.39, 0.29) is 24.5 Å². The number of aromatic carboxylic acids is 1. The Kier molecular flexibility index (Phi) is 4.26. The van der Waals surface area contributed by atoms with Crippen LogP contribution in [0.15, 0.2) is 18.2 Å². The van der Waals surface area contributed by atoms with Crippen LogP contribution in [0.2, 0.25) is 0 Å². The van der Waals surface area contributed by atoms with Gasteiger partial charge in [-0.3, -0.25) is 0 Å². The zero-order chi connectivity index (χ0) is 12.6. The molecule has 1 aromatic carbocycles. The number of nitrogens with zero attached hydrogens (tertiary/aromatic N) is 1. The van der Waals surface area contributed by atoms with E-state index < -0.39 is 11.9 Å². The fraction of sp³-hybridized carbons (Fsp3) is 0.182. The van der Waals surface area contributed by atoms with Gasteiger partial charge in [0.15, 0.2) is 0 Å². The van der Waals surface area contributed by atoms with E-state index in [0.717, 1.165) is 9.71 Å². The van der Waals surface area contributed by atoms with Crippen molar-refractivity contribution in [3.63, 3.8) is 0 Å². The summed E-state index contributed by atoms with van der Waals surface area (Å²) in [5.41, 5.74) is 0.809. The molecule has 0 unspecified atom stereocenters. The summed E-state index contributed by atoms with van der Waals surface area (Å²) in [6, 6.07) is 4.73. The molecule has 1 aromatic heterocycles. The molecule has 0 aliphatic carbocycles. The largest absolute Gasteiger partial charge is 1.00 e. The molecule has 5 nitrogen and oxygen atoms in total. The Hall–Kier alpha value is -1.66. The number of halogens is 1. The molecule has 0 amide bonds. The highest BCUT2D eigenvalue weighted by Crippen LogP contribution is 2.21. The number of benzene rings is 1. The maximum atomic E-state index is 10.9. The molecule has 0 atom stereocenters. The van der Waals surface area contributed by atoms with Gasteiger partial charge in [-0.2, -0.15) is 4.57 Å². The zero-order valence-corrected chi connectivity index (χ0v) is 11.0. The van der Waals surface area contributed by atoms with Gasteiger partial charge in [-0.1, -0.05) is 11.3 Å². The highest BCUT2D eigenvalue weighted by Gasteiger charge is 2.21. The number of carboxylic acids is 2. The fourth-order valence-corrected chi connectivity index (χ4v) is 2.66. The molecule has 18 heavy (non-hydrogen) atoms. The van der Waals surface area contributed by atoms with E-state index in [0.29, 0.717) is 5.52 Å². The standard InChI is InChI=1S/C11H9NO4S.ClH/c1-6-12(5-10(13)14)8-4-7(11(15)16)2-3-9(8)17-6;/h2-4H,5H2,1H3,(H-,13,14,15,16);1H. The van der Waals surface area contributed by atoms with Crippen LogP contribution in [-0.4, -0.2) is 22.2 Å². The number of carboxylic acid groups (broad SMARTS) is 2. The molecule has 0 fully saturated rings. The normalized spacial score (nSPS) is 10.1. The minimum absolute atomic E-state index is 0. The molecule has 0 radical (unpaired) electrons. The number of aliphatic carboxylic acids is 1. The lowest BCUT2D eigenvalue weighted by atomic mass is 10.2. The van der Waals surface area contributed by atoms with E-state index in [9.17, 15) is 9.59 Å². The molecule has 2 aromatic rings. The van der Waals surface area contributed by atoms with Crippen LogP contribution in [0, 0.1) is 6.92 Å². The first-order chi connectivity index (χ1) is 7.99. The predicted octanol–water partition coefficient (Wildman–Crippen LogP) is -1.72. The Morgan fingerprint density at radius 1 is 1.33 bits per heavy atom. The van der Waals surface area contributed by atoms with E-state index in [1.54, 1.807) is 10.6 Å². The van der Waals surface area contributed by atoms with Gasteiger partial charge in [-0.15, -0.1) is 0 Å². The third kappa shape index (κ3) is 2.60. The highest BCUT2D eigenvalue weighted by atomic mass is 35.5. The smallest absolute Gasteiger partial charge is 0.370 e. The first-order valence-corrected chi connectivity index (χ1v) is 5.69. The average Bonchev–Trinajstić information content (AvgIpc) is 2.54. The molecule has 1 heterocycles. The summed E-state index contributed by atoms with van der Waals surface area (Å²) in [6.07, 6.45) is 0. The fourth-order valence-electron chi connectivity index (χ4n) is 1.66. The zero-order valence-electron chi connectivity index (χ0n) is 9.38. The number of aromatic nitrogens is 1. The number of fused-ring (bicyclic) bond motifs is 1. The van der Waals surface area contributed by atoms with Gasteiger partial charge in [0.1, 0.15) is 4.70 Å². The number of carbonyl (C=O) groups is 2. The van der Waals surface area contributed by atoms with Crippen molar-refractivity contribution in [2.45, 2.75) is 13.5 Å². The molecule has 96 valence electrons. The Labute approximate surface area is 113 Å². The Morgan fingerprint density at radius 2 is 2.00 bits per heavy atom. The van der Waals surface area contributed by atoms with Crippen molar-refractivity contribution in [1.29, 1.82) is 0 Å². The second kappa shape index (κ2) is 5.32. The monoisotopic (exact) mass is 287 g/mol. The van der Waals surface area contributed by atoms with E-state index >= 15 is 0 Å². The van der Waals surface area contributed by atoms with Crippen LogP contribution < -0.4 is 17.0 Å². The lowest BCUT2D eigenvalue weighted by Crippen LogP contribution is -3.00. The van der Waals surface area contributed by atoms with Crippen molar-refractivity contribution < 1.29 is 36.8 Å². The van der Waals surface area contributed by atoms with Gasteiger partial charge in [-0.25, -0.2) is 9.59 Å². The molecule has 0 aliphatic heterocycles. The molecular weight excluding hydrogens is 278 g/mol. The molecule has 2 rings (SSSR count). The number of rotatable bonds is 3. The van der Waals surface area contributed by atoms with E-state index in [1.165, 1.54) is 23.5 Å². The van der Waals surface area contributed by atoms with Crippen molar-refractivity contribution in [1.82, 2.24) is 0 Å². The summed E-state index contributed by atoms with van der Waals surface area (Å²) >= 11 is 1.45. The quantitative estimate of drug-likeness (QED) is 0.659. The lowest BCUT2D eigenvalue weighted by Gasteiger charge is -1.94. The van der Waals surface area contributed by atoms with Crippen molar-refractivity contribution in [3.8, 4) is 0 Å². The van der Waals surface area contributed by atoms with Gasteiger partial charge in [0.2, 0.25) is 17.1 Å². The molecule has 0 aliphatic rings. The van der Waals surface area contributed by atoms with Gasteiger partial charge in [0.25, 0.3) is 0 Å². The lowest BCUT2D eigenvalue weighted by molar-refractivity contribution is -0.661. The second-order valence-electron chi connectivity index (χ2n) is 3.59. The second-order valence-corrected chi connectivity index (χ2v) is 4.82. The van der Waals surface area contributed by atoms with Crippen molar-refractivity contribution in [2.24, 2.45) is 0 Å². The Balaban J connectivity index is 0.00000162. The van der Waals surface area contributed by atoms with E-state index in [2.05, 4.69) is 0 Å². The van der Waals surface area contributed by atoms with Gasteiger partial charge in [0.05, 0.1) is 5.56 Å². The maximum absolute atomic E-state index is 10.9. The van der Waals surface area contributed by atoms with Gasteiger partial charge in [0, 0.05) is 13.0 Å². The van der Waals surface area contributed by atoms with Gasteiger partial charge < -0.3 is 22.6 Å². The van der Waals surface area contributed by atoms with Crippen LogP contribution in [-0.2, 0) is 11.3 Å². The van der Waals surface area contributed by atoms with Crippen LogP contribution in [0.3, 0.4) is 0 Å². The Bertz CT molecular complexity index is 623. The van der Waals surface area contributed by atoms with Gasteiger partial charge >= 0.3 is 11.9 Å². The summed E-state index contributed by atoms with van der Waals surface area (Å²) in [6.45, 7) is 1.66. The summed E-state index contributed by atoms with van der Waals surface area (Å²) < 4.78 is 2.49. The minimum Gasteiger partial charge on any atom is -1.00 e. The highest BCUT2D eigenvalue weighted by molar-refractivity contribution is 7.18. The summed E-state index contributed by atoms with van der Waals surface area (Å²) in [7, 11) is 0. The van der Waals surface area contributed by atoms with E-state index in [4.69, 9.17) is 10.2 Å². The molecular formula is C11H10ClNO4S. The summed E-state index contributed by atoms with van der Waals surface area (Å²) in [5.74, 6) is -1.96. The van der Waals surface area contributed by atoms with Crippen LogP contribution in [0.25, 0.3) is 10.2 Å². The SMILES string of the molecule is Cc1sc2ccc(C(=O)O)cc2[n+]1CC(=O)O.[Cl-]. The first kappa shape index (κ1) is 14.4. The number of hydrogen-bond donors (Lipinski definition) is 2. The Morgan fingerprint density at radius 3 is 2.56 bits per heavy atom.